The summed E-state index contributed by atoms with van der Waals surface area (Å²) in [6.45, 7) is 4.20. The number of anilines is 1. The van der Waals surface area contributed by atoms with Crippen molar-refractivity contribution in [3.63, 3.8) is 0 Å². The van der Waals surface area contributed by atoms with E-state index in [1.54, 1.807) is 42.5 Å². The normalized spacial score (nSPS) is 11.1. The summed E-state index contributed by atoms with van der Waals surface area (Å²) in [6.07, 6.45) is 1.71. The fourth-order valence-electron chi connectivity index (χ4n) is 2.46. The number of benzene rings is 2. The van der Waals surface area contributed by atoms with Crippen LogP contribution in [0.5, 0.6) is 0 Å². The molecular weight excluding hydrogens is 346 g/mol. The van der Waals surface area contributed by atoms with Crippen molar-refractivity contribution in [2.75, 3.05) is 11.9 Å². The molecule has 1 heterocycles. The lowest BCUT2D eigenvalue weighted by molar-refractivity contribution is 0.594. The highest BCUT2D eigenvalue weighted by Gasteiger charge is 2.17. The number of hydrogen-bond donors (Lipinski definition) is 1. The first-order valence-electron chi connectivity index (χ1n) is 8.14. The Morgan fingerprint density at radius 1 is 0.962 bits per heavy atom. The molecule has 0 aliphatic rings. The van der Waals surface area contributed by atoms with E-state index in [0.717, 1.165) is 5.56 Å². The molecule has 2 aromatic carbocycles. The molecule has 0 saturated carbocycles. The molecule has 0 atom stereocenters. The van der Waals surface area contributed by atoms with E-state index < -0.39 is 9.84 Å². The molecule has 1 aromatic heterocycles. The molecule has 1 N–H and O–H groups in total. The zero-order chi connectivity index (χ0) is 18.4. The molecule has 0 spiro atoms. The third kappa shape index (κ3) is 4.34. The zero-order valence-electron chi connectivity index (χ0n) is 14.2. The van der Waals surface area contributed by atoms with Gasteiger partial charge in [0.15, 0.2) is 15.7 Å². The summed E-state index contributed by atoms with van der Waals surface area (Å²) in [5.41, 5.74) is 1.27. The van der Waals surface area contributed by atoms with Crippen LogP contribution in [0.3, 0.4) is 0 Å². The van der Waals surface area contributed by atoms with Crippen LogP contribution in [0.1, 0.15) is 5.69 Å². The average Bonchev–Trinajstić information content (AvgIpc) is 2.67. The van der Waals surface area contributed by atoms with Gasteiger partial charge >= 0.3 is 0 Å². The number of sulfone groups is 1. The molecule has 0 aliphatic carbocycles. The molecule has 26 heavy (non-hydrogen) atoms. The van der Waals surface area contributed by atoms with E-state index in [0.29, 0.717) is 23.9 Å². The van der Waals surface area contributed by atoms with E-state index in [4.69, 9.17) is 0 Å². The van der Waals surface area contributed by atoms with Crippen LogP contribution in [-0.4, -0.2) is 24.9 Å². The Bertz CT molecular complexity index is 988. The number of aromatic nitrogens is 2. The van der Waals surface area contributed by atoms with Crippen LogP contribution >= 0.6 is 0 Å². The van der Waals surface area contributed by atoms with E-state index in [1.807, 2.05) is 30.3 Å². The maximum Gasteiger partial charge on any atom is 0.184 e. The second kappa shape index (κ2) is 7.93. The topological polar surface area (TPSA) is 72.0 Å². The van der Waals surface area contributed by atoms with Gasteiger partial charge in [-0.05, 0) is 12.1 Å². The Hall–Kier alpha value is -2.99. The lowest BCUT2D eigenvalue weighted by Gasteiger charge is -2.10. The summed E-state index contributed by atoms with van der Waals surface area (Å²) in [7, 11) is -3.49. The van der Waals surface area contributed by atoms with Crippen molar-refractivity contribution in [3.05, 3.63) is 85.1 Å². The van der Waals surface area contributed by atoms with E-state index in [2.05, 4.69) is 21.9 Å². The first-order valence-corrected chi connectivity index (χ1v) is 9.80. The van der Waals surface area contributed by atoms with Gasteiger partial charge in [-0.15, -0.1) is 6.58 Å². The minimum atomic E-state index is -3.49. The Balaban J connectivity index is 1.99. The predicted octanol–water partition coefficient (Wildman–Crippen LogP) is 3.72. The third-order valence-corrected chi connectivity index (χ3v) is 5.35. The highest BCUT2D eigenvalue weighted by molar-refractivity contribution is 7.90. The van der Waals surface area contributed by atoms with E-state index in [-0.39, 0.29) is 10.6 Å². The van der Waals surface area contributed by atoms with E-state index in [9.17, 15) is 8.42 Å². The van der Waals surface area contributed by atoms with Gasteiger partial charge < -0.3 is 5.32 Å². The molecule has 0 radical (unpaired) electrons. The Morgan fingerprint density at radius 3 is 2.27 bits per heavy atom. The van der Waals surface area contributed by atoms with Crippen molar-refractivity contribution in [1.29, 1.82) is 0 Å². The lowest BCUT2D eigenvalue weighted by atomic mass is 10.2. The zero-order valence-corrected chi connectivity index (χ0v) is 15.0. The van der Waals surface area contributed by atoms with Gasteiger partial charge in [0, 0.05) is 18.2 Å². The van der Waals surface area contributed by atoms with Crippen LogP contribution in [0.25, 0.3) is 11.4 Å². The molecule has 132 valence electrons. The van der Waals surface area contributed by atoms with Crippen molar-refractivity contribution >= 4 is 15.7 Å². The smallest absolute Gasteiger partial charge is 0.184 e. The number of nitrogens with zero attached hydrogens (tertiary/aromatic N) is 2. The number of nitrogens with one attached hydrogen (secondary N) is 1. The van der Waals surface area contributed by atoms with Gasteiger partial charge in [-0.3, -0.25) is 0 Å². The minimum Gasteiger partial charge on any atom is -0.366 e. The summed E-state index contributed by atoms with van der Waals surface area (Å²) in [6, 6.07) is 19.5. The van der Waals surface area contributed by atoms with Crippen LogP contribution in [0, 0.1) is 0 Å². The van der Waals surface area contributed by atoms with Crippen LogP contribution in [-0.2, 0) is 15.6 Å². The maximum atomic E-state index is 12.7. The molecular formula is C20H19N3O2S. The van der Waals surface area contributed by atoms with Crippen molar-refractivity contribution in [2.45, 2.75) is 10.6 Å². The summed E-state index contributed by atoms with van der Waals surface area (Å²) >= 11 is 0. The maximum absolute atomic E-state index is 12.7. The highest BCUT2D eigenvalue weighted by atomic mass is 32.2. The molecule has 0 bridgehead atoms. The van der Waals surface area contributed by atoms with Gasteiger partial charge in [-0.2, -0.15) is 0 Å². The fraction of sp³-hybridized carbons (Fsp3) is 0.100. The van der Waals surface area contributed by atoms with Gasteiger partial charge in [0.05, 0.1) is 16.3 Å². The fourth-order valence-corrected chi connectivity index (χ4v) is 3.74. The summed E-state index contributed by atoms with van der Waals surface area (Å²) in [5, 5.41) is 3.11. The minimum absolute atomic E-state index is 0.192. The number of rotatable bonds is 7. The number of hydrogen-bond acceptors (Lipinski definition) is 5. The molecule has 0 fully saturated rings. The van der Waals surface area contributed by atoms with Gasteiger partial charge in [0.25, 0.3) is 0 Å². The van der Waals surface area contributed by atoms with Gasteiger partial charge in [0.2, 0.25) is 0 Å². The standard InChI is InChI=1S/C20H19N3O2S/c1-2-13-21-19-14-17(15-26(24,25)18-11-7-4-8-12-18)22-20(23-19)16-9-5-3-6-10-16/h2-12,14H,1,13,15H2,(H,21,22,23). The molecule has 3 rings (SSSR count). The third-order valence-electron chi connectivity index (χ3n) is 3.68. The monoisotopic (exact) mass is 365 g/mol. The molecule has 0 saturated heterocycles. The van der Waals surface area contributed by atoms with Crippen molar-refractivity contribution in [2.24, 2.45) is 0 Å². The van der Waals surface area contributed by atoms with Gasteiger partial charge in [-0.1, -0.05) is 54.6 Å². The Labute approximate surface area is 153 Å². The van der Waals surface area contributed by atoms with Crippen molar-refractivity contribution < 1.29 is 8.42 Å². The van der Waals surface area contributed by atoms with Crippen LogP contribution < -0.4 is 5.32 Å². The lowest BCUT2D eigenvalue weighted by Crippen LogP contribution is -2.09. The highest BCUT2D eigenvalue weighted by Crippen LogP contribution is 2.21. The quantitative estimate of drug-likeness (QED) is 0.646. The Kier molecular flexibility index (Phi) is 5.43. The Morgan fingerprint density at radius 2 is 1.62 bits per heavy atom. The summed E-state index contributed by atoms with van der Waals surface area (Å²) in [4.78, 5) is 9.22. The van der Waals surface area contributed by atoms with Crippen LogP contribution in [0.4, 0.5) is 5.82 Å². The molecule has 6 heteroatoms. The second-order valence-electron chi connectivity index (χ2n) is 5.68. The molecule has 0 amide bonds. The largest absolute Gasteiger partial charge is 0.366 e. The van der Waals surface area contributed by atoms with Gasteiger partial charge in [0.1, 0.15) is 5.82 Å². The van der Waals surface area contributed by atoms with Gasteiger partial charge in [-0.25, -0.2) is 18.4 Å². The average molecular weight is 365 g/mol. The van der Waals surface area contributed by atoms with Crippen LogP contribution in [0.15, 0.2) is 84.3 Å². The first kappa shape index (κ1) is 17.8. The van der Waals surface area contributed by atoms with E-state index >= 15 is 0 Å². The van der Waals surface area contributed by atoms with E-state index in [1.165, 1.54) is 0 Å². The first-order chi connectivity index (χ1) is 12.6. The summed E-state index contributed by atoms with van der Waals surface area (Å²) < 4.78 is 25.4. The summed E-state index contributed by atoms with van der Waals surface area (Å²) in [5.74, 6) is 0.859. The molecule has 5 nitrogen and oxygen atoms in total. The molecule has 0 unspecified atom stereocenters. The molecule has 0 aliphatic heterocycles. The molecule has 3 aromatic rings. The SMILES string of the molecule is C=CCNc1cc(CS(=O)(=O)c2ccccc2)nc(-c2ccccc2)n1. The van der Waals surface area contributed by atoms with Crippen molar-refractivity contribution in [1.82, 2.24) is 9.97 Å². The van der Waals surface area contributed by atoms with Crippen molar-refractivity contribution in [3.8, 4) is 11.4 Å². The second-order valence-corrected chi connectivity index (χ2v) is 7.67. The predicted molar refractivity (Wildman–Crippen MR) is 103 cm³/mol. The van der Waals surface area contributed by atoms with Crippen LogP contribution in [0.2, 0.25) is 0 Å².